The van der Waals surface area contributed by atoms with E-state index in [1.807, 2.05) is 0 Å². The fraction of sp³-hybridized carbons (Fsp3) is 0.0909. The number of carboxylic acid groups (broad SMARTS) is 1. The maximum atomic E-state index is 13.4. The van der Waals surface area contributed by atoms with Gasteiger partial charge in [0.15, 0.2) is 0 Å². The zero-order chi connectivity index (χ0) is 11.7. The summed E-state index contributed by atoms with van der Waals surface area (Å²) in [5.74, 6) is -2.01. The van der Waals surface area contributed by atoms with Crippen molar-refractivity contribution in [3.8, 4) is 11.1 Å². The first kappa shape index (κ1) is 10.4. The summed E-state index contributed by atoms with van der Waals surface area (Å²) in [5, 5.41) is 12.6. The molecular weight excluding hydrogens is 211 g/mol. The highest BCUT2D eigenvalue weighted by molar-refractivity contribution is 5.88. The predicted octanol–water partition coefficient (Wildman–Crippen LogP) is 1.92. The van der Waals surface area contributed by atoms with Gasteiger partial charge in [-0.05, 0) is 17.7 Å². The number of nitrogens with zero attached hydrogens (tertiary/aromatic N) is 2. The maximum absolute atomic E-state index is 13.4. The molecule has 0 aliphatic heterocycles. The van der Waals surface area contributed by atoms with E-state index in [4.69, 9.17) is 5.11 Å². The van der Waals surface area contributed by atoms with Crippen LogP contribution < -0.4 is 0 Å². The Balaban J connectivity index is 2.45. The summed E-state index contributed by atoms with van der Waals surface area (Å²) in [6.45, 7) is 0. The van der Waals surface area contributed by atoms with Crippen molar-refractivity contribution >= 4 is 5.97 Å². The Kier molecular flexibility index (Phi) is 2.44. The number of aromatic carboxylic acids is 1. The van der Waals surface area contributed by atoms with Crippen LogP contribution >= 0.6 is 0 Å². The minimum Gasteiger partial charge on any atom is -0.478 e. The number of carboxylic acids is 1. The molecule has 0 aliphatic rings. The van der Waals surface area contributed by atoms with Crippen LogP contribution in [0.1, 0.15) is 10.4 Å². The highest BCUT2D eigenvalue weighted by atomic mass is 19.1. The third-order valence-electron chi connectivity index (χ3n) is 2.24. The van der Waals surface area contributed by atoms with E-state index in [-0.39, 0.29) is 5.56 Å². The Bertz CT molecular complexity index is 549. The lowest BCUT2D eigenvalue weighted by Gasteiger charge is -2.00. The smallest absolute Gasteiger partial charge is 0.338 e. The molecule has 0 fully saturated rings. The first-order valence-corrected chi connectivity index (χ1v) is 4.60. The molecule has 0 unspecified atom stereocenters. The zero-order valence-electron chi connectivity index (χ0n) is 8.51. The Morgan fingerprint density at radius 2 is 2.19 bits per heavy atom. The van der Waals surface area contributed by atoms with Gasteiger partial charge in [0.1, 0.15) is 5.82 Å². The van der Waals surface area contributed by atoms with Gasteiger partial charge in [-0.25, -0.2) is 9.18 Å². The van der Waals surface area contributed by atoms with Crippen molar-refractivity contribution in [3.05, 3.63) is 42.0 Å². The number of aromatic nitrogens is 2. The SMILES string of the molecule is Cn1cc(-c2ccc(C(=O)O)c(F)c2)cn1. The van der Waals surface area contributed by atoms with Gasteiger partial charge < -0.3 is 5.11 Å². The average molecular weight is 220 g/mol. The van der Waals surface area contributed by atoms with E-state index in [1.54, 1.807) is 30.2 Å². The largest absolute Gasteiger partial charge is 0.478 e. The maximum Gasteiger partial charge on any atom is 0.338 e. The van der Waals surface area contributed by atoms with Gasteiger partial charge in [-0.2, -0.15) is 5.10 Å². The minimum absolute atomic E-state index is 0.326. The van der Waals surface area contributed by atoms with Crippen molar-refractivity contribution in [2.75, 3.05) is 0 Å². The van der Waals surface area contributed by atoms with Crippen LogP contribution in [-0.2, 0) is 7.05 Å². The van der Waals surface area contributed by atoms with E-state index in [0.29, 0.717) is 5.56 Å². The molecule has 0 bridgehead atoms. The summed E-state index contributed by atoms with van der Waals surface area (Å²) < 4.78 is 15.0. The summed E-state index contributed by atoms with van der Waals surface area (Å²) in [6.07, 6.45) is 3.32. The molecule has 0 radical (unpaired) electrons. The molecule has 1 heterocycles. The van der Waals surface area contributed by atoms with Crippen molar-refractivity contribution in [1.82, 2.24) is 9.78 Å². The highest BCUT2D eigenvalue weighted by Gasteiger charge is 2.11. The summed E-state index contributed by atoms with van der Waals surface area (Å²) in [4.78, 5) is 10.6. The Morgan fingerprint density at radius 3 is 2.69 bits per heavy atom. The fourth-order valence-electron chi connectivity index (χ4n) is 1.44. The van der Waals surface area contributed by atoms with Gasteiger partial charge in [-0.1, -0.05) is 6.07 Å². The van der Waals surface area contributed by atoms with Crippen molar-refractivity contribution < 1.29 is 14.3 Å². The third kappa shape index (κ3) is 1.79. The van der Waals surface area contributed by atoms with E-state index in [0.717, 1.165) is 5.56 Å². The van der Waals surface area contributed by atoms with Gasteiger partial charge in [-0.15, -0.1) is 0 Å². The number of benzene rings is 1. The molecule has 82 valence electrons. The normalized spacial score (nSPS) is 10.4. The number of carbonyl (C=O) groups is 1. The molecule has 1 N–H and O–H groups in total. The Morgan fingerprint density at radius 1 is 1.44 bits per heavy atom. The number of halogens is 1. The lowest BCUT2D eigenvalue weighted by molar-refractivity contribution is 0.0692. The van der Waals surface area contributed by atoms with Crippen LogP contribution in [0.5, 0.6) is 0 Å². The number of hydrogen-bond acceptors (Lipinski definition) is 2. The van der Waals surface area contributed by atoms with Crippen molar-refractivity contribution in [2.24, 2.45) is 7.05 Å². The lowest BCUT2D eigenvalue weighted by atomic mass is 10.1. The molecule has 2 aromatic rings. The van der Waals surface area contributed by atoms with E-state index >= 15 is 0 Å². The molecule has 0 aliphatic carbocycles. The topological polar surface area (TPSA) is 55.1 Å². The standard InChI is InChI=1S/C11H9FN2O2/c1-14-6-8(5-13-14)7-2-3-9(11(15)16)10(12)4-7/h2-6H,1H3,(H,15,16). The quantitative estimate of drug-likeness (QED) is 0.841. The second-order valence-electron chi connectivity index (χ2n) is 3.40. The molecule has 2 rings (SSSR count). The number of rotatable bonds is 2. The molecule has 0 amide bonds. The molecule has 0 spiro atoms. The van der Waals surface area contributed by atoms with Gasteiger partial charge in [0.2, 0.25) is 0 Å². The van der Waals surface area contributed by atoms with Crippen LogP contribution in [0.3, 0.4) is 0 Å². The third-order valence-corrected chi connectivity index (χ3v) is 2.24. The molecule has 1 aromatic heterocycles. The molecule has 4 nitrogen and oxygen atoms in total. The predicted molar refractivity (Wildman–Crippen MR) is 55.6 cm³/mol. The first-order chi connectivity index (χ1) is 7.58. The second-order valence-corrected chi connectivity index (χ2v) is 3.40. The van der Waals surface area contributed by atoms with Crippen molar-refractivity contribution in [3.63, 3.8) is 0 Å². The molecular formula is C11H9FN2O2. The summed E-state index contributed by atoms with van der Waals surface area (Å²) in [7, 11) is 1.76. The average Bonchev–Trinajstić information content (AvgIpc) is 2.64. The van der Waals surface area contributed by atoms with Gasteiger partial charge >= 0.3 is 5.97 Å². The minimum atomic E-state index is -1.27. The molecule has 5 heteroatoms. The van der Waals surface area contributed by atoms with Crippen LogP contribution in [0.4, 0.5) is 4.39 Å². The molecule has 0 atom stereocenters. The second kappa shape index (κ2) is 3.77. The first-order valence-electron chi connectivity index (χ1n) is 4.60. The molecule has 1 aromatic carbocycles. The van der Waals surface area contributed by atoms with Gasteiger partial charge in [0.05, 0.1) is 11.8 Å². The Hall–Kier alpha value is -2.17. The van der Waals surface area contributed by atoms with Crippen molar-refractivity contribution in [1.29, 1.82) is 0 Å². The number of aryl methyl sites for hydroxylation is 1. The summed E-state index contributed by atoms with van der Waals surface area (Å²) >= 11 is 0. The van der Waals surface area contributed by atoms with Gasteiger partial charge in [-0.3, -0.25) is 4.68 Å². The van der Waals surface area contributed by atoms with Crippen LogP contribution in [0.15, 0.2) is 30.6 Å². The summed E-state index contributed by atoms with van der Waals surface area (Å²) in [5.41, 5.74) is 1.03. The molecule has 16 heavy (non-hydrogen) atoms. The highest BCUT2D eigenvalue weighted by Crippen LogP contribution is 2.21. The fourth-order valence-corrected chi connectivity index (χ4v) is 1.44. The van der Waals surface area contributed by atoms with Gasteiger partial charge in [0, 0.05) is 18.8 Å². The van der Waals surface area contributed by atoms with Crippen LogP contribution in [0.2, 0.25) is 0 Å². The molecule has 0 saturated heterocycles. The number of hydrogen-bond donors (Lipinski definition) is 1. The monoisotopic (exact) mass is 220 g/mol. The molecule has 0 saturated carbocycles. The zero-order valence-corrected chi connectivity index (χ0v) is 8.51. The Labute approximate surface area is 90.9 Å². The van der Waals surface area contributed by atoms with Crippen LogP contribution in [-0.4, -0.2) is 20.9 Å². The van der Waals surface area contributed by atoms with Crippen LogP contribution in [0, 0.1) is 5.82 Å². The van der Waals surface area contributed by atoms with Gasteiger partial charge in [0.25, 0.3) is 0 Å². The summed E-state index contributed by atoms with van der Waals surface area (Å²) in [6, 6.07) is 4.00. The van der Waals surface area contributed by atoms with Crippen LogP contribution in [0.25, 0.3) is 11.1 Å². The lowest BCUT2D eigenvalue weighted by Crippen LogP contribution is -1.99. The van der Waals surface area contributed by atoms with E-state index in [2.05, 4.69) is 5.10 Å². The van der Waals surface area contributed by atoms with E-state index in [9.17, 15) is 9.18 Å². The van der Waals surface area contributed by atoms with E-state index in [1.165, 1.54) is 12.1 Å². The van der Waals surface area contributed by atoms with E-state index < -0.39 is 11.8 Å². The van der Waals surface area contributed by atoms with Crippen molar-refractivity contribution in [2.45, 2.75) is 0 Å².